The third-order valence-corrected chi connectivity index (χ3v) is 6.39. The number of non-ortho nitro benzene ring substituents is 1. The molecule has 0 saturated heterocycles. The van der Waals surface area contributed by atoms with Crippen LogP contribution in [0.15, 0.2) is 18.2 Å². The molecule has 1 aromatic rings. The van der Waals surface area contributed by atoms with Crippen molar-refractivity contribution in [2.75, 3.05) is 13.7 Å². The van der Waals surface area contributed by atoms with Crippen LogP contribution in [0, 0.1) is 27.9 Å². The molecule has 0 unspecified atom stereocenters. The van der Waals surface area contributed by atoms with Gasteiger partial charge in [-0.3, -0.25) is 20.2 Å². The largest absolute Gasteiger partial charge is 0.493 e. The van der Waals surface area contributed by atoms with E-state index in [0.29, 0.717) is 17.8 Å². The van der Waals surface area contributed by atoms with Crippen LogP contribution in [0.5, 0.6) is 11.5 Å². The fourth-order valence-electron chi connectivity index (χ4n) is 5.73. The Morgan fingerprint density at radius 1 is 1.14 bits per heavy atom. The topological polar surface area (TPSA) is 120 Å². The summed E-state index contributed by atoms with van der Waals surface area (Å²) in [5, 5.41) is 16.3. The van der Waals surface area contributed by atoms with Crippen molar-refractivity contribution < 1.29 is 24.0 Å². The zero-order valence-electron chi connectivity index (χ0n) is 16.3. The van der Waals surface area contributed by atoms with E-state index in [-0.39, 0.29) is 22.7 Å². The predicted molar refractivity (Wildman–Crippen MR) is 103 cm³/mol. The molecule has 4 fully saturated rings. The summed E-state index contributed by atoms with van der Waals surface area (Å²) in [7, 11) is 1.40. The first-order valence-electron chi connectivity index (χ1n) is 9.93. The van der Waals surface area contributed by atoms with E-state index in [0.717, 1.165) is 19.3 Å². The predicted octanol–water partition coefficient (Wildman–Crippen LogP) is 2.78. The van der Waals surface area contributed by atoms with Crippen molar-refractivity contribution in [3.8, 4) is 11.5 Å². The number of benzene rings is 1. The zero-order valence-corrected chi connectivity index (χ0v) is 16.3. The maximum Gasteiger partial charge on any atom is 0.321 e. The Morgan fingerprint density at radius 2 is 1.76 bits per heavy atom. The van der Waals surface area contributed by atoms with Crippen molar-refractivity contribution in [2.24, 2.45) is 17.8 Å². The Kier molecular flexibility index (Phi) is 5.06. The summed E-state index contributed by atoms with van der Waals surface area (Å²) >= 11 is 0. The van der Waals surface area contributed by atoms with Gasteiger partial charge in [-0.2, -0.15) is 0 Å². The first kappa shape index (κ1) is 19.5. The van der Waals surface area contributed by atoms with Crippen LogP contribution in [0.25, 0.3) is 0 Å². The number of nitrogens with zero attached hydrogens (tertiary/aromatic N) is 1. The minimum absolute atomic E-state index is 0.0679. The fraction of sp³-hybridized carbons (Fsp3) is 0.600. The van der Waals surface area contributed by atoms with Crippen LogP contribution >= 0.6 is 0 Å². The number of carbonyl (C=O) groups is 2. The lowest BCUT2D eigenvalue weighted by molar-refractivity contribution is -0.385. The van der Waals surface area contributed by atoms with E-state index in [1.807, 2.05) is 0 Å². The molecule has 0 spiro atoms. The molecule has 9 heteroatoms. The fourth-order valence-corrected chi connectivity index (χ4v) is 5.73. The number of hydrogen-bond donors (Lipinski definition) is 2. The van der Waals surface area contributed by atoms with E-state index < -0.39 is 23.5 Å². The molecule has 0 heterocycles. The van der Waals surface area contributed by atoms with Gasteiger partial charge in [0.05, 0.1) is 18.1 Å². The second-order valence-electron chi connectivity index (χ2n) is 8.58. The highest BCUT2D eigenvalue weighted by atomic mass is 16.6. The van der Waals surface area contributed by atoms with Gasteiger partial charge >= 0.3 is 6.03 Å². The van der Waals surface area contributed by atoms with E-state index in [9.17, 15) is 19.7 Å². The molecular formula is C20H25N3O6. The van der Waals surface area contributed by atoms with Crippen molar-refractivity contribution in [1.82, 2.24) is 10.6 Å². The molecule has 4 bridgehead atoms. The summed E-state index contributed by atoms with van der Waals surface area (Å²) in [5.41, 5.74) is -0.371. The van der Waals surface area contributed by atoms with Crippen LogP contribution < -0.4 is 20.1 Å². The molecule has 0 atom stereocenters. The van der Waals surface area contributed by atoms with E-state index in [1.54, 1.807) is 0 Å². The van der Waals surface area contributed by atoms with Gasteiger partial charge in [0.25, 0.3) is 11.6 Å². The maximum absolute atomic E-state index is 12.4. The van der Waals surface area contributed by atoms with Gasteiger partial charge in [0, 0.05) is 11.6 Å². The monoisotopic (exact) mass is 403 g/mol. The van der Waals surface area contributed by atoms with Gasteiger partial charge in [-0.15, -0.1) is 0 Å². The normalized spacial score (nSPS) is 29.2. The number of hydrogen-bond acceptors (Lipinski definition) is 6. The number of nitro groups is 1. The first-order chi connectivity index (χ1) is 13.9. The molecule has 4 aliphatic rings. The van der Waals surface area contributed by atoms with Crippen molar-refractivity contribution in [3.05, 3.63) is 28.3 Å². The number of nitro benzene ring substituents is 1. The van der Waals surface area contributed by atoms with E-state index in [2.05, 4.69) is 10.6 Å². The quantitative estimate of drug-likeness (QED) is 0.557. The highest BCUT2D eigenvalue weighted by Crippen LogP contribution is 2.55. The third-order valence-electron chi connectivity index (χ3n) is 6.39. The standard InChI is InChI=1S/C20H25N3O6/c1-28-16-3-2-15(23(26)27)7-17(16)29-11-18(24)21-19(25)22-20-8-12-4-13(9-20)6-14(5-12)10-20/h2-3,7,12-14H,4-6,8-11H2,1H3,(H2,21,22,24,25). The van der Waals surface area contributed by atoms with Crippen LogP contribution in [0.2, 0.25) is 0 Å². The Balaban J connectivity index is 1.32. The molecular weight excluding hydrogens is 378 g/mol. The molecule has 156 valence electrons. The van der Waals surface area contributed by atoms with Crippen molar-refractivity contribution in [3.63, 3.8) is 0 Å². The van der Waals surface area contributed by atoms with E-state index in [4.69, 9.17) is 9.47 Å². The first-order valence-corrected chi connectivity index (χ1v) is 9.93. The summed E-state index contributed by atoms with van der Waals surface area (Å²) < 4.78 is 10.4. The van der Waals surface area contributed by atoms with Gasteiger partial charge in [-0.05, 0) is 62.3 Å². The molecule has 4 aliphatic carbocycles. The Labute approximate surface area is 168 Å². The molecule has 4 saturated carbocycles. The second-order valence-corrected chi connectivity index (χ2v) is 8.58. The smallest absolute Gasteiger partial charge is 0.321 e. The van der Waals surface area contributed by atoms with Gasteiger partial charge in [0.15, 0.2) is 18.1 Å². The minimum Gasteiger partial charge on any atom is -0.493 e. The number of methoxy groups -OCH3 is 1. The third kappa shape index (κ3) is 4.13. The van der Waals surface area contributed by atoms with E-state index in [1.165, 1.54) is 44.6 Å². The SMILES string of the molecule is COc1ccc([N+](=O)[O-])cc1OCC(=O)NC(=O)NC12CC3CC(CC(C3)C1)C2. The van der Waals surface area contributed by atoms with Crippen molar-refractivity contribution >= 4 is 17.6 Å². The minimum atomic E-state index is -0.624. The van der Waals surface area contributed by atoms with Gasteiger partial charge < -0.3 is 14.8 Å². The van der Waals surface area contributed by atoms with Crippen LogP contribution in [0.1, 0.15) is 38.5 Å². The lowest BCUT2D eigenvalue weighted by atomic mass is 9.53. The zero-order chi connectivity index (χ0) is 20.6. The molecule has 9 nitrogen and oxygen atoms in total. The summed E-state index contributed by atoms with van der Waals surface area (Å²) in [6.07, 6.45) is 6.76. The number of nitrogens with one attached hydrogen (secondary N) is 2. The van der Waals surface area contributed by atoms with Gasteiger partial charge in [0.2, 0.25) is 0 Å². The number of urea groups is 1. The number of carbonyl (C=O) groups excluding carboxylic acids is 2. The molecule has 0 aromatic heterocycles. The number of ether oxygens (including phenoxy) is 2. The molecule has 0 radical (unpaired) electrons. The highest BCUT2D eigenvalue weighted by Gasteiger charge is 2.51. The van der Waals surface area contributed by atoms with E-state index >= 15 is 0 Å². The Morgan fingerprint density at radius 3 is 2.31 bits per heavy atom. The summed E-state index contributed by atoms with van der Waals surface area (Å²) in [4.78, 5) is 34.9. The number of imide groups is 1. The van der Waals surface area contributed by atoms with Crippen LogP contribution in [0.3, 0.4) is 0 Å². The maximum atomic E-state index is 12.4. The molecule has 0 aliphatic heterocycles. The summed E-state index contributed by atoms with van der Waals surface area (Å²) in [6.45, 7) is -0.453. The van der Waals surface area contributed by atoms with Gasteiger partial charge in [0.1, 0.15) is 0 Å². The van der Waals surface area contributed by atoms with Crippen molar-refractivity contribution in [2.45, 2.75) is 44.1 Å². The number of amides is 3. The van der Waals surface area contributed by atoms with Crippen LogP contribution in [0.4, 0.5) is 10.5 Å². The average molecular weight is 403 g/mol. The molecule has 1 aromatic carbocycles. The van der Waals surface area contributed by atoms with Crippen LogP contribution in [-0.2, 0) is 4.79 Å². The summed E-state index contributed by atoms with van der Waals surface area (Å²) in [5.74, 6) is 1.76. The number of rotatable bonds is 6. The lowest BCUT2D eigenvalue weighted by Crippen LogP contribution is -2.62. The molecule has 2 N–H and O–H groups in total. The van der Waals surface area contributed by atoms with Gasteiger partial charge in [-0.1, -0.05) is 0 Å². The molecule has 3 amide bonds. The average Bonchev–Trinajstić information content (AvgIpc) is 2.64. The molecule has 29 heavy (non-hydrogen) atoms. The van der Waals surface area contributed by atoms with Crippen LogP contribution in [-0.4, -0.2) is 36.1 Å². The summed E-state index contributed by atoms with van der Waals surface area (Å²) in [6, 6.07) is 3.35. The van der Waals surface area contributed by atoms with Gasteiger partial charge in [-0.25, -0.2) is 4.79 Å². The second kappa shape index (κ2) is 7.53. The molecule has 5 rings (SSSR count). The Hall–Kier alpha value is -2.84. The van der Waals surface area contributed by atoms with Crippen molar-refractivity contribution in [1.29, 1.82) is 0 Å². The highest BCUT2D eigenvalue weighted by molar-refractivity contribution is 5.95. The Bertz CT molecular complexity index is 804. The lowest BCUT2D eigenvalue weighted by Gasteiger charge is -2.56.